The molecule has 3 aromatic heterocycles. The van der Waals surface area contributed by atoms with E-state index in [1.165, 1.54) is 24.6 Å². The number of amides is 1. The van der Waals surface area contributed by atoms with Crippen molar-refractivity contribution in [1.29, 1.82) is 0 Å². The Morgan fingerprint density at radius 3 is 2.91 bits per heavy atom. The molecule has 0 radical (unpaired) electrons. The number of carboxylic acids is 1. The molecule has 0 aromatic carbocycles. The largest absolute Gasteiger partial charge is 0.479 e. The molecule has 22 heavy (non-hydrogen) atoms. The summed E-state index contributed by atoms with van der Waals surface area (Å²) < 4.78 is 1.73. The Bertz CT molecular complexity index is 798. The molecular formula is C14H12N4O3S. The molecule has 3 heterocycles. The Kier molecular flexibility index (Phi) is 3.60. The van der Waals surface area contributed by atoms with Crippen LogP contribution in [0.2, 0.25) is 0 Å². The van der Waals surface area contributed by atoms with Gasteiger partial charge in [0, 0.05) is 42.8 Å². The van der Waals surface area contributed by atoms with Gasteiger partial charge < -0.3 is 10.0 Å². The molecule has 0 saturated heterocycles. The number of rotatable bonds is 4. The fourth-order valence-corrected chi connectivity index (χ4v) is 2.90. The highest BCUT2D eigenvalue weighted by Crippen LogP contribution is 2.21. The van der Waals surface area contributed by atoms with Crippen molar-refractivity contribution in [3.8, 4) is 0 Å². The maximum Gasteiger partial charge on any atom is 0.331 e. The summed E-state index contributed by atoms with van der Waals surface area (Å²) in [7, 11) is 1.45. The number of thiazole rings is 1. The molecule has 0 saturated carbocycles. The standard InChI is InChI=1S/C14H12N4O3S/c1-17(11(13(20)21)9-3-2-4-15-7-9)12(19)10-8-18-5-6-22-14(18)16-10/h2-8,11H,1H3,(H,20,21)/t11-/m1/s1. The van der Waals surface area contributed by atoms with Crippen LogP contribution < -0.4 is 0 Å². The van der Waals surface area contributed by atoms with Gasteiger partial charge in [-0.25, -0.2) is 9.78 Å². The molecule has 1 amide bonds. The Hall–Kier alpha value is -2.74. The molecule has 112 valence electrons. The van der Waals surface area contributed by atoms with Gasteiger partial charge in [0.25, 0.3) is 5.91 Å². The van der Waals surface area contributed by atoms with E-state index in [4.69, 9.17) is 0 Å². The first-order valence-corrected chi connectivity index (χ1v) is 7.28. The van der Waals surface area contributed by atoms with Gasteiger partial charge in [0.1, 0.15) is 5.69 Å². The van der Waals surface area contributed by atoms with Gasteiger partial charge in [-0.2, -0.15) is 0 Å². The zero-order valence-electron chi connectivity index (χ0n) is 11.6. The molecule has 0 aliphatic heterocycles. The first kappa shape index (κ1) is 14.2. The number of hydrogen-bond acceptors (Lipinski definition) is 5. The van der Waals surface area contributed by atoms with E-state index in [0.29, 0.717) is 10.5 Å². The molecule has 3 aromatic rings. The van der Waals surface area contributed by atoms with E-state index < -0.39 is 17.9 Å². The van der Waals surface area contributed by atoms with Crippen LogP contribution in [0.1, 0.15) is 22.1 Å². The monoisotopic (exact) mass is 316 g/mol. The van der Waals surface area contributed by atoms with Gasteiger partial charge in [-0.3, -0.25) is 14.2 Å². The molecule has 0 bridgehead atoms. The highest BCUT2D eigenvalue weighted by atomic mass is 32.1. The maximum absolute atomic E-state index is 12.5. The van der Waals surface area contributed by atoms with Gasteiger partial charge in [0.2, 0.25) is 0 Å². The van der Waals surface area contributed by atoms with Crippen molar-refractivity contribution in [2.45, 2.75) is 6.04 Å². The Morgan fingerprint density at radius 1 is 1.45 bits per heavy atom. The third-order valence-corrected chi connectivity index (χ3v) is 4.02. The minimum Gasteiger partial charge on any atom is -0.479 e. The number of aromatic nitrogens is 3. The second-order valence-electron chi connectivity index (χ2n) is 4.66. The van der Waals surface area contributed by atoms with E-state index in [1.807, 2.05) is 5.38 Å². The smallest absolute Gasteiger partial charge is 0.331 e. The van der Waals surface area contributed by atoms with Crippen molar-refractivity contribution in [3.05, 3.63) is 53.6 Å². The maximum atomic E-state index is 12.5. The van der Waals surface area contributed by atoms with E-state index in [0.717, 1.165) is 4.90 Å². The second kappa shape index (κ2) is 5.57. The van der Waals surface area contributed by atoms with Crippen LogP contribution in [0.4, 0.5) is 0 Å². The van der Waals surface area contributed by atoms with Crippen molar-refractivity contribution in [2.75, 3.05) is 7.05 Å². The minimum absolute atomic E-state index is 0.212. The van der Waals surface area contributed by atoms with Gasteiger partial charge in [0.05, 0.1) is 0 Å². The summed E-state index contributed by atoms with van der Waals surface area (Å²) in [6.45, 7) is 0. The van der Waals surface area contributed by atoms with E-state index in [-0.39, 0.29) is 5.69 Å². The molecule has 0 unspecified atom stereocenters. The highest BCUT2D eigenvalue weighted by molar-refractivity contribution is 7.15. The molecule has 3 rings (SSSR count). The number of aliphatic carboxylic acids is 1. The van der Waals surface area contributed by atoms with E-state index in [9.17, 15) is 14.7 Å². The molecule has 1 atom stereocenters. The van der Waals surface area contributed by atoms with E-state index >= 15 is 0 Å². The van der Waals surface area contributed by atoms with Gasteiger partial charge in [-0.05, 0) is 6.07 Å². The summed E-state index contributed by atoms with van der Waals surface area (Å²) in [5.41, 5.74) is 0.649. The zero-order chi connectivity index (χ0) is 15.7. The normalized spacial score (nSPS) is 12.2. The average Bonchev–Trinajstić information content (AvgIpc) is 3.08. The fraction of sp³-hybridized carbons (Fsp3) is 0.143. The number of pyridine rings is 1. The van der Waals surface area contributed by atoms with E-state index in [2.05, 4.69) is 9.97 Å². The molecule has 0 aliphatic rings. The third-order valence-electron chi connectivity index (χ3n) is 3.25. The van der Waals surface area contributed by atoms with Crippen LogP contribution in [0.15, 0.2) is 42.3 Å². The molecule has 0 spiro atoms. The van der Waals surface area contributed by atoms with E-state index in [1.54, 1.807) is 35.1 Å². The Morgan fingerprint density at radius 2 is 2.27 bits per heavy atom. The topological polar surface area (TPSA) is 87.8 Å². The number of likely N-dealkylation sites (N-methyl/N-ethyl adjacent to an activating group) is 1. The molecule has 0 fully saturated rings. The number of imidazole rings is 1. The lowest BCUT2D eigenvalue weighted by Gasteiger charge is -2.24. The number of carbonyl (C=O) groups excluding carboxylic acids is 1. The van der Waals surface area contributed by atoms with Crippen LogP contribution in [0.25, 0.3) is 4.96 Å². The van der Waals surface area contributed by atoms with Crippen LogP contribution in [0.3, 0.4) is 0 Å². The summed E-state index contributed by atoms with van der Waals surface area (Å²) in [5, 5.41) is 11.3. The summed E-state index contributed by atoms with van der Waals surface area (Å²) in [6, 6.07) is 2.15. The lowest BCUT2D eigenvalue weighted by Crippen LogP contribution is -2.36. The van der Waals surface area contributed by atoms with Crippen molar-refractivity contribution in [1.82, 2.24) is 19.3 Å². The lowest BCUT2D eigenvalue weighted by atomic mass is 10.1. The first-order valence-electron chi connectivity index (χ1n) is 6.40. The van der Waals surface area contributed by atoms with Crippen LogP contribution in [0, 0.1) is 0 Å². The van der Waals surface area contributed by atoms with Crippen molar-refractivity contribution in [2.24, 2.45) is 0 Å². The predicted molar refractivity (Wildman–Crippen MR) is 79.8 cm³/mol. The SMILES string of the molecule is CN(C(=O)c1cn2ccsc2n1)[C@@H](C(=O)O)c1cccnc1. The molecule has 1 N–H and O–H groups in total. The number of hydrogen-bond donors (Lipinski definition) is 1. The third kappa shape index (κ3) is 2.44. The summed E-state index contributed by atoms with van der Waals surface area (Å²) in [5.74, 6) is -1.57. The van der Waals surface area contributed by atoms with Crippen LogP contribution >= 0.6 is 11.3 Å². The predicted octanol–water partition coefficient (Wildman–Crippen LogP) is 1.69. The van der Waals surface area contributed by atoms with Gasteiger partial charge in [0.15, 0.2) is 11.0 Å². The number of nitrogens with zero attached hydrogens (tertiary/aromatic N) is 4. The molecule has 0 aliphatic carbocycles. The first-order chi connectivity index (χ1) is 10.6. The molecule has 7 nitrogen and oxygen atoms in total. The van der Waals surface area contributed by atoms with Crippen LogP contribution in [0.5, 0.6) is 0 Å². The molecular weight excluding hydrogens is 304 g/mol. The quantitative estimate of drug-likeness (QED) is 0.791. The van der Waals surface area contributed by atoms with Gasteiger partial charge in [-0.1, -0.05) is 6.07 Å². The molecule has 8 heteroatoms. The van der Waals surface area contributed by atoms with Crippen LogP contribution in [-0.4, -0.2) is 43.3 Å². The zero-order valence-corrected chi connectivity index (χ0v) is 12.4. The minimum atomic E-state index is -1.12. The van der Waals surface area contributed by atoms with Gasteiger partial charge in [-0.15, -0.1) is 11.3 Å². The lowest BCUT2D eigenvalue weighted by molar-refractivity contribution is -0.142. The van der Waals surface area contributed by atoms with Crippen molar-refractivity contribution in [3.63, 3.8) is 0 Å². The Balaban J connectivity index is 1.93. The number of carbonyl (C=O) groups is 2. The summed E-state index contributed by atoms with van der Waals surface area (Å²) in [6.07, 6.45) is 6.37. The van der Waals surface area contributed by atoms with Crippen molar-refractivity contribution < 1.29 is 14.7 Å². The van der Waals surface area contributed by atoms with Crippen molar-refractivity contribution >= 4 is 28.2 Å². The number of fused-ring (bicyclic) bond motifs is 1. The summed E-state index contributed by atoms with van der Waals surface area (Å²) >= 11 is 1.40. The highest BCUT2D eigenvalue weighted by Gasteiger charge is 2.30. The average molecular weight is 316 g/mol. The summed E-state index contributed by atoms with van der Waals surface area (Å²) in [4.78, 5) is 34.0. The van der Waals surface area contributed by atoms with Crippen LogP contribution in [-0.2, 0) is 4.79 Å². The second-order valence-corrected chi connectivity index (χ2v) is 5.54. The fourth-order valence-electron chi connectivity index (χ4n) is 2.20. The van der Waals surface area contributed by atoms with Gasteiger partial charge >= 0.3 is 5.97 Å². The number of carboxylic acid groups (broad SMARTS) is 1. The Labute approximate surface area is 129 Å².